The van der Waals surface area contributed by atoms with Crippen LogP contribution in [-0.4, -0.2) is 13.2 Å². The van der Waals surface area contributed by atoms with Gasteiger partial charge < -0.3 is 4.74 Å². The maximum absolute atomic E-state index is 5.53. The molecule has 0 amide bonds. The maximum atomic E-state index is 5.53. The third kappa shape index (κ3) is 6.66. The van der Waals surface area contributed by atoms with Gasteiger partial charge in [0.1, 0.15) is 0 Å². The lowest BCUT2D eigenvalue weighted by Crippen LogP contribution is -2.09. The largest absolute Gasteiger partial charge is 0.381 e. The molecule has 74 valence electrons. The van der Waals surface area contributed by atoms with Crippen LogP contribution in [-0.2, 0) is 4.74 Å². The molecule has 0 aliphatic rings. The zero-order chi connectivity index (χ0) is 9.23. The van der Waals surface area contributed by atoms with Gasteiger partial charge in [-0.3, -0.25) is 0 Å². The molecule has 1 nitrogen and oxygen atoms in total. The highest BCUT2D eigenvalue weighted by atomic mass is 16.5. The van der Waals surface area contributed by atoms with Gasteiger partial charge in [-0.05, 0) is 18.8 Å². The number of hydrogen-bond donors (Lipinski definition) is 0. The molecule has 0 saturated carbocycles. The van der Waals surface area contributed by atoms with E-state index in [9.17, 15) is 0 Å². The minimum absolute atomic E-state index is 0.802. The van der Waals surface area contributed by atoms with Crippen LogP contribution in [0.4, 0.5) is 0 Å². The van der Waals surface area contributed by atoms with Crippen molar-refractivity contribution in [3.05, 3.63) is 0 Å². The van der Waals surface area contributed by atoms with Gasteiger partial charge in [0.25, 0.3) is 0 Å². The maximum Gasteiger partial charge on any atom is 0.0494 e. The van der Waals surface area contributed by atoms with E-state index in [2.05, 4.69) is 20.8 Å². The van der Waals surface area contributed by atoms with Crippen LogP contribution in [0.25, 0.3) is 0 Å². The van der Waals surface area contributed by atoms with Crippen molar-refractivity contribution in [3.8, 4) is 0 Å². The van der Waals surface area contributed by atoms with Crippen LogP contribution in [0.15, 0.2) is 0 Å². The van der Waals surface area contributed by atoms with Crippen molar-refractivity contribution in [2.24, 2.45) is 5.92 Å². The Morgan fingerprint density at radius 2 is 1.83 bits per heavy atom. The van der Waals surface area contributed by atoms with Crippen LogP contribution in [0.5, 0.6) is 0 Å². The fourth-order valence-corrected chi connectivity index (χ4v) is 1.29. The molecule has 0 aliphatic carbocycles. The van der Waals surface area contributed by atoms with E-state index in [1.54, 1.807) is 0 Å². The fraction of sp³-hybridized carbons (Fsp3) is 1.00. The lowest BCUT2D eigenvalue weighted by atomic mass is 10.0. The number of rotatable bonds is 8. The highest BCUT2D eigenvalue weighted by molar-refractivity contribution is 4.55. The molecule has 0 fully saturated rings. The molecule has 0 rings (SSSR count). The van der Waals surface area contributed by atoms with Gasteiger partial charge in [-0.2, -0.15) is 0 Å². The fourth-order valence-electron chi connectivity index (χ4n) is 1.29. The van der Waals surface area contributed by atoms with Crippen LogP contribution in [0.2, 0.25) is 0 Å². The molecular weight excluding hydrogens is 148 g/mol. The zero-order valence-corrected chi connectivity index (χ0v) is 8.94. The molecule has 0 aromatic carbocycles. The summed E-state index contributed by atoms with van der Waals surface area (Å²) in [6.07, 6.45) is 6.42. The van der Waals surface area contributed by atoms with Gasteiger partial charge in [-0.25, -0.2) is 0 Å². The normalized spacial score (nSPS) is 13.2. The Morgan fingerprint density at radius 3 is 2.33 bits per heavy atom. The monoisotopic (exact) mass is 172 g/mol. The van der Waals surface area contributed by atoms with Gasteiger partial charge in [-0.15, -0.1) is 0 Å². The molecule has 0 bridgehead atoms. The van der Waals surface area contributed by atoms with Gasteiger partial charge in [0.05, 0.1) is 0 Å². The highest BCUT2D eigenvalue weighted by Crippen LogP contribution is 2.12. The third-order valence-electron chi connectivity index (χ3n) is 2.25. The summed E-state index contributed by atoms with van der Waals surface area (Å²) in [6, 6.07) is 0. The molecule has 0 radical (unpaired) electrons. The van der Waals surface area contributed by atoms with Crippen molar-refractivity contribution >= 4 is 0 Å². The first-order chi connectivity index (χ1) is 5.85. The Kier molecular flexibility index (Phi) is 9.02. The van der Waals surface area contributed by atoms with Crippen LogP contribution < -0.4 is 0 Å². The van der Waals surface area contributed by atoms with Crippen molar-refractivity contribution in [1.82, 2.24) is 0 Å². The van der Waals surface area contributed by atoms with E-state index in [0.717, 1.165) is 25.6 Å². The quantitative estimate of drug-likeness (QED) is 0.508. The van der Waals surface area contributed by atoms with Gasteiger partial charge in [0.2, 0.25) is 0 Å². The predicted molar refractivity (Wildman–Crippen MR) is 54.4 cm³/mol. The summed E-state index contributed by atoms with van der Waals surface area (Å²) >= 11 is 0. The molecule has 0 saturated heterocycles. The van der Waals surface area contributed by atoms with Crippen molar-refractivity contribution in [1.29, 1.82) is 0 Å². The zero-order valence-electron chi connectivity index (χ0n) is 8.94. The number of ether oxygens (including phenoxy) is 1. The first-order valence-corrected chi connectivity index (χ1v) is 5.42. The molecule has 1 atom stereocenters. The number of hydrogen-bond acceptors (Lipinski definition) is 1. The summed E-state index contributed by atoms with van der Waals surface area (Å²) in [5, 5.41) is 0. The SMILES string of the molecule is CCCC[C@H](CC)COCCC. The summed E-state index contributed by atoms with van der Waals surface area (Å²) in [5.41, 5.74) is 0. The molecule has 0 unspecified atom stereocenters. The number of unbranched alkanes of at least 4 members (excludes halogenated alkanes) is 1. The van der Waals surface area contributed by atoms with Crippen molar-refractivity contribution in [2.75, 3.05) is 13.2 Å². The molecule has 0 aromatic rings. The van der Waals surface area contributed by atoms with E-state index >= 15 is 0 Å². The Balaban J connectivity index is 3.26. The summed E-state index contributed by atoms with van der Waals surface area (Å²) in [4.78, 5) is 0. The second-order valence-electron chi connectivity index (χ2n) is 3.49. The summed E-state index contributed by atoms with van der Waals surface area (Å²) in [7, 11) is 0. The van der Waals surface area contributed by atoms with Crippen LogP contribution in [0.3, 0.4) is 0 Å². The van der Waals surface area contributed by atoms with Crippen molar-refractivity contribution in [3.63, 3.8) is 0 Å². The van der Waals surface area contributed by atoms with E-state index in [0.29, 0.717) is 0 Å². The first-order valence-electron chi connectivity index (χ1n) is 5.42. The molecule has 0 N–H and O–H groups in total. The first kappa shape index (κ1) is 12.0. The predicted octanol–water partition coefficient (Wildman–Crippen LogP) is 3.63. The molecule has 0 spiro atoms. The summed E-state index contributed by atoms with van der Waals surface area (Å²) in [5.74, 6) is 0.802. The summed E-state index contributed by atoms with van der Waals surface area (Å²) in [6.45, 7) is 8.58. The van der Waals surface area contributed by atoms with Crippen molar-refractivity contribution < 1.29 is 4.74 Å². The lowest BCUT2D eigenvalue weighted by molar-refractivity contribution is 0.0944. The standard InChI is InChI=1S/C11H24O/c1-4-7-8-11(6-3)10-12-9-5-2/h11H,4-10H2,1-3H3/t11-/m0/s1. The lowest BCUT2D eigenvalue weighted by Gasteiger charge is -2.13. The minimum Gasteiger partial charge on any atom is -0.381 e. The van der Waals surface area contributed by atoms with Crippen LogP contribution in [0.1, 0.15) is 52.9 Å². The average Bonchev–Trinajstić information content (AvgIpc) is 2.11. The van der Waals surface area contributed by atoms with Gasteiger partial charge in [0.15, 0.2) is 0 Å². The van der Waals surface area contributed by atoms with E-state index in [4.69, 9.17) is 4.74 Å². The third-order valence-corrected chi connectivity index (χ3v) is 2.25. The molecule has 1 heteroatoms. The molecule has 0 aromatic heterocycles. The topological polar surface area (TPSA) is 9.23 Å². The second kappa shape index (κ2) is 9.05. The smallest absolute Gasteiger partial charge is 0.0494 e. The minimum atomic E-state index is 0.802. The summed E-state index contributed by atoms with van der Waals surface area (Å²) < 4.78 is 5.53. The van der Waals surface area contributed by atoms with Gasteiger partial charge in [0, 0.05) is 13.2 Å². The van der Waals surface area contributed by atoms with E-state index in [-0.39, 0.29) is 0 Å². The van der Waals surface area contributed by atoms with Crippen molar-refractivity contribution in [2.45, 2.75) is 52.9 Å². The highest BCUT2D eigenvalue weighted by Gasteiger charge is 2.04. The molecule has 12 heavy (non-hydrogen) atoms. The Hall–Kier alpha value is -0.0400. The van der Waals surface area contributed by atoms with Gasteiger partial charge in [-0.1, -0.05) is 40.0 Å². The van der Waals surface area contributed by atoms with Crippen LogP contribution in [0, 0.1) is 5.92 Å². The van der Waals surface area contributed by atoms with E-state index in [1.807, 2.05) is 0 Å². The molecule has 0 aliphatic heterocycles. The van der Waals surface area contributed by atoms with E-state index in [1.165, 1.54) is 25.7 Å². The Morgan fingerprint density at radius 1 is 1.08 bits per heavy atom. The molecular formula is C11H24O. The Labute approximate surface area is 77.5 Å². The van der Waals surface area contributed by atoms with Gasteiger partial charge >= 0.3 is 0 Å². The van der Waals surface area contributed by atoms with Crippen LogP contribution >= 0.6 is 0 Å². The molecule has 0 heterocycles. The average molecular weight is 172 g/mol. The second-order valence-corrected chi connectivity index (χ2v) is 3.49. The Bertz CT molecular complexity index is 81.1. The van der Waals surface area contributed by atoms with E-state index < -0.39 is 0 Å².